The highest BCUT2D eigenvalue weighted by atomic mass is 35.5. The fraction of sp³-hybridized carbons (Fsp3) is 0. The highest BCUT2D eigenvalue weighted by Gasteiger charge is 1.97. The van der Waals surface area contributed by atoms with Crippen molar-refractivity contribution in [3.63, 3.8) is 0 Å². The predicted octanol–water partition coefficient (Wildman–Crippen LogP) is 3.24. The van der Waals surface area contributed by atoms with Gasteiger partial charge in [0.15, 0.2) is 0 Å². The van der Waals surface area contributed by atoms with Gasteiger partial charge in [-0.25, -0.2) is 0 Å². The minimum Gasteiger partial charge on any atom is -0.259 e. The number of halogens is 2. The third kappa shape index (κ3) is 3.05. The molecule has 0 saturated carbocycles. The fourth-order valence-corrected chi connectivity index (χ4v) is 1.07. The molecule has 0 aromatic heterocycles. The van der Waals surface area contributed by atoms with Gasteiger partial charge in [-0.05, 0) is 17.7 Å². The van der Waals surface area contributed by atoms with E-state index >= 15 is 0 Å². The molecule has 5 heteroatoms. The summed E-state index contributed by atoms with van der Waals surface area (Å²) < 4.78 is 0. The number of hydrogen-bond donors (Lipinski definition) is 0. The van der Waals surface area contributed by atoms with Crippen LogP contribution in [0.2, 0.25) is 10.0 Å². The number of hydrogen-bond acceptors (Lipinski definition) is 2. The second kappa shape index (κ2) is 4.25. The molecule has 3 nitrogen and oxygen atoms in total. The number of benzene rings is 1. The highest BCUT2D eigenvalue weighted by Crippen LogP contribution is 2.22. The molecule has 13 heavy (non-hydrogen) atoms. The van der Waals surface area contributed by atoms with Crippen LogP contribution in [-0.2, 0) is 0 Å². The minimum absolute atomic E-state index is 0.382. The van der Waals surface area contributed by atoms with Gasteiger partial charge in [0.1, 0.15) is 0 Å². The van der Waals surface area contributed by atoms with Crippen LogP contribution in [0.4, 0.5) is 0 Å². The zero-order valence-electron chi connectivity index (χ0n) is 6.41. The van der Waals surface area contributed by atoms with E-state index in [2.05, 4.69) is 0 Å². The molecule has 0 bridgehead atoms. The summed E-state index contributed by atoms with van der Waals surface area (Å²) in [7, 11) is 0. The first kappa shape index (κ1) is 10.0. The molecular formula is C8H5Cl2NO2. The van der Waals surface area contributed by atoms with E-state index in [0.29, 0.717) is 15.6 Å². The summed E-state index contributed by atoms with van der Waals surface area (Å²) in [6, 6.07) is 4.79. The summed E-state index contributed by atoms with van der Waals surface area (Å²) in [6.45, 7) is 0. The number of nitro groups is 1. The van der Waals surface area contributed by atoms with Gasteiger partial charge in [0, 0.05) is 6.08 Å². The Morgan fingerprint density at radius 2 is 2.00 bits per heavy atom. The molecule has 0 aliphatic rings. The van der Waals surface area contributed by atoms with Crippen molar-refractivity contribution in [3.05, 3.63) is 50.1 Å². The molecule has 68 valence electrons. The quantitative estimate of drug-likeness (QED) is 0.564. The lowest BCUT2D eigenvalue weighted by molar-refractivity contribution is -0.400. The molecule has 0 N–H and O–H groups in total. The minimum atomic E-state index is -0.539. The van der Waals surface area contributed by atoms with E-state index in [-0.39, 0.29) is 0 Å². The Kier molecular flexibility index (Phi) is 3.28. The summed E-state index contributed by atoms with van der Waals surface area (Å²) >= 11 is 11.3. The Labute approximate surface area is 84.7 Å². The van der Waals surface area contributed by atoms with Crippen molar-refractivity contribution in [2.45, 2.75) is 0 Å². The number of nitrogens with zero attached hydrogens (tertiary/aromatic N) is 1. The Hall–Kier alpha value is -1.06. The topological polar surface area (TPSA) is 43.1 Å². The van der Waals surface area contributed by atoms with Gasteiger partial charge in [0.25, 0.3) is 0 Å². The van der Waals surface area contributed by atoms with Gasteiger partial charge in [0.05, 0.1) is 15.0 Å². The van der Waals surface area contributed by atoms with Crippen LogP contribution < -0.4 is 0 Å². The molecular weight excluding hydrogens is 213 g/mol. The summed E-state index contributed by atoms with van der Waals surface area (Å²) in [4.78, 5) is 9.45. The van der Waals surface area contributed by atoms with E-state index in [1.54, 1.807) is 18.2 Å². The molecule has 0 radical (unpaired) electrons. The molecule has 0 aliphatic carbocycles. The van der Waals surface area contributed by atoms with Gasteiger partial charge in [-0.15, -0.1) is 0 Å². The van der Waals surface area contributed by atoms with Crippen LogP contribution in [0.5, 0.6) is 0 Å². The predicted molar refractivity (Wildman–Crippen MR) is 52.5 cm³/mol. The molecule has 1 aromatic rings. The van der Waals surface area contributed by atoms with Crippen LogP contribution in [0.15, 0.2) is 24.4 Å². The average Bonchev–Trinajstić information content (AvgIpc) is 2.07. The van der Waals surface area contributed by atoms with E-state index in [4.69, 9.17) is 23.2 Å². The van der Waals surface area contributed by atoms with Crippen molar-refractivity contribution in [1.29, 1.82) is 0 Å². The maximum Gasteiger partial charge on any atom is 0.235 e. The third-order valence-electron chi connectivity index (χ3n) is 1.33. The summed E-state index contributed by atoms with van der Waals surface area (Å²) in [5.41, 5.74) is 0.645. The lowest BCUT2D eigenvalue weighted by Gasteiger charge is -1.95. The SMILES string of the molecule is O=[N+]([O-])/C=C\c1ccc(Cl)c(Cl)c1. The Bertz CT molecular complexity index is 363. The van der Waals surface area contributed by atoms with Crippen molar-refractivity contribution in [3.8, 4) is 0 Å². The van der Waals surface area contributed by atoms with E-state index in [0.717, 1.165) is 6.20 Å². The van der Waals surface area contributed by atoms with Crippen LogP contribution in [0.1, 0.15) is 5.56 Å². The average molecular weight is 218 g/mol. The lowest BCUT2D eigenvalue weighted by Crippen LogP contribution is -1.82. The van der Waals surface area contributed by atoms with Crippen LogP contribution in [0, 0.1) is 10.1 Å². The van der Waals surface area contributed by atoms with Gasteiger partial charge in [0.2, 0.25) is 6.20 Å². The van der Waals surface area contributed by atoms with Crippen molar-refractivity contribution in [2.24, 2.45) is 0 Å². The Morgan fingerprint density at radius 3 is 2.54 bits per heavy atom. The maximum atomic E-state index is 9.98. The van der Waals surface area contributed by atoms with Crippen LogP contribution >= 0.6 is 23.2 Å². The highest BCUT2D eigenvalue weighted by molar-refractivity contribution is 6.42. The Balaban J connectivity index is 2.92. The van der Waals surface area contributed by atoms with Crippen molar-refractivity contribution in [1.82, 2.24) is 0 Å². The third-order valence-corrected chi connectivity index (χ3v) is 2.07. The van der Waals surface area contributed by atoms with Gasteiger partial charge >= 0.3 is 0 Å². The summed E-state index contributed by atoms with van der Waals surface area (Å²) in [6.07, 6.45) is 2.20. The first-order valence-corrected chi connectivity index (χ1v) is 4.12. The second-order valence-electron chi connectivity index (χ2n) is 2.27. The van der Waals surface area contributed by atoms with E-state index in [1.807, 2.05) is 0 Å². The molecule has 0 saturated heterocycles. The monoisotopic (exact) mass is 217 g/mol. The van der Waals surface area contributed by atoms with Crippen molar-refractivity contribution in [2.75, 3.05) is 0 Å². The molecule has 0 aliphatic heterocycles. The number of rotatable bonds is 2. The maximum absolute atomic E-state index is 9.98. The molecule has 0 atom stereocenters. The molecule has 1 aromatic carbocycles. The summed E-state index contributed by atoms with van der Waals surface area (Å²) in [5.74, 6) is 0. The van der Waals surface area contributed by atoms with Gasteiger partial charge in [-0.3, -0.25) is 10.1 Å². The summed E-state index contributed by atoms with van der Waals surface area (Å²) in [5, 5.41) is 10.8. The lowest BCUT2D eigenvalue weighted by atomic mass is 10.2. The normalized spacial score (nSPS) is 10.6. The van der Waals surface area contributed by atoms with E-state index in [9.17, 15) is 10.1 Å². The van der Waals surface area contributed by atoms with Crippen LogP contribution in [-0.4, -0.2) is 4.92 Å². The second-order valence-corrected chi connectivity index (χ2v) is 3.09. The molecule has 0 unspecified atom stereocenters. The van der Waals surface area contributed by atoms with Crippen LogP contribution in [0.25, 0.3) is 6.08 Å². The van der Waals surface area contributed by atoms with Crippen LogP contribution in [0.3, 0.4) is 0 Å². The molecule has 0 spiro atoms. The van der Waals surface area contributed by atoms with Crippen molar-refractivity contribution < 1.29 is 4.92 Å². The zero-order valence-corrected chi connectivity index (χ0v) is 7.92. The Morgan fingerprint density at radius 1 is 1.31 bits per heavy atom. The molecule has 0 heterocycles. The molecule has 0 amide bonds. The first-order valence-electron chi connectivity index (χ1n) is 3.36. The zero-order chi connectivity index (χ0) is 9.84. The largest absolute Gasteiger partial charge is 0.259 e. The van der Waals surface area contributed by atoms with Crippen molar-refractivity contribution >= 4 is 29.3 Å². The van der Waals surface area contributed by atoms with Gasteiger partial charge in [-0.1, -0.05) is 29.3 Å². The van der Waals surface area contributed by atoms with Gasteiger partial charge in [-0.2, -0.15) is 0 Å². The van der Waals surface area contributed by atoms with Gasteiger partial charge < -0.3 is 0 Å². The smallest absolute Gasteiger partial charge is 0.235 e. The molecule has 1 rings (SSSR count). The standard InChI is InChI=1S/C8H5Cl2NO2/c9-7-2-1-6(5-8(7)10)3-4-11(12)13/h1-5H/b4-3-. The van der Waals surface area contributed by atoms with E-state index < -0.39 is 4.92 Å². The van der Waals surface area contributed by atoms with E-state index in [1.165, 1.54) is 6.08 Å². The fourth-order valence-electron chi connectivity index (χ4n) is 0.763. The molecule has 0 fully saturated rings. The first-order chi connectivity index (χ1) is 6.09.